The number of hydrogen-bond donors (Lipinski definition) is 1. The number of nitrogens with one attached hydrogen (secondary N) is 1. The summed E-state index contributed by atoms with van der Waals surface area (Å²) in [7, 11) is 0. The fourth-order valence-electron chi connectivity index (χ4n) is 2.07. The maximum atomic E-state index is 10.6. The molecule has 0 radical (unpaired) electrons. The van der Waals surface area contributed by atoms with Crippen molar-refractivity contribution in [2.45, 2.75) is 51.9 Å². The van der Waals surface area contributed by atoms with Crippen molar-refractivity contribution in [2.24, 2.45) is 0 Å². The van der Waals surface area contributed by atoms with Crippen LogP contribution in [0.1, 0.15) is 51.0 Å². The zero-order valence-corrected chi connectivity index (χ0v) is 11.5. The molecule has 0 aliphatic rings. The summed E-state index contributed by atoms with van der Waals surface area (Å²) in [6, 6.07) is 10.7. The molecule has 0 aromatic heterocycles. The van der Waals surface area contributed by atoms with Crippen LogP contribution in [-0.2, 0) is 11.2 Å². The highest BCUT2D eigenvalue weighted by Gasteiger charge is 1.94. The van der Waals surface area contributed by atoms with Crippen LogP contribution in [0.3, 0.4) is 0 Å². The van der Waals surface area contributed by atoms with Crippen LogP contribution in [0, 0.1) is 0 Å². The summed E-state index contributed by atoms with van der Waals surface area (Å²) in [4.78, 5) is 10.6. The highest BCUT2D eigenvalue weighted by Crippen LogP contribution is 2.09. The van der Waals surface area contributed by atoms with E-state index in [0.29, 0.717) is 0 Å². The van der Waals surface area contributed by atoms with Gasteiger partial charge in [-0.3, -0.25) is 4.79 Å². The molecule has 0 atom stereocenters. The Morgan fingerprint density at radius 3 is 2.22 bits per heavy atom. The van der Waals surface area contributed by atoms with Gasteiger partial charge in [-0.05, 0) is 24.8 Å². The fraction of sp³-hybridized carbons (Fsp3) is 0.562. The summed E-state index contributed by atoms with van der Waals surface area (Å²) in [5.74, 6) is 0.0814. The predicted molar refractivity (Wildman–Crippen MR) is 76.5 cm³/mol. The lowest BCUT2D eigenvalue weighted by Crippen LogP contribution is -2.20. The molecule has 2 nitrogen and oxygen atoms in total. The molecule has 0 fully saturated rings. The monoisotopic (exact) mass is 247 g/mol. The smallest absolute Gasteiger partial charge is 0.216 e. The van der Waals surface area contributed by atoms with E-state index in [4.69, 9.17) is 0 Å². The van der Waals surface area contributed by atoms with Gasteiger partial charge >= 0.3 is 0 Å². The van der Waals surface area contributed by atoms with Gasteiger partial charge in [0, 0.05) is 13.5 Å². The third-order valence-electron chi connectivity index (χ3n) is 3.11. The lowest BCUT2D eigenvalue weighted by molar-refractivity contribution is -0.118. The topological polar surface area (TPSA) is 29.1 Å². The van der Waals surface area contributed by atoms with Crippen LogP contribution < -0.4 is 5.32 Å². The first-order valence-electron chi connectivity index (χ1n) is 7.07. The highest BCUT2D eigenvalue weighted by atomic mass is 16.1. The van der Waals surface area contributed by atoms with Crippen LogP contribution in [0.4, 0.5) is 0 Å². The molecule has 0 saturated carbocycles. The van der Waals surface area contributed by atoms with E-state index < -0.39 is 0 Å². The van der Waals surface area contributed by atoms with E-state index in [1.54, 1.807) is 6.92 Å². The van der Waals surface area contributed by atoms with Crippen molar-refractivity contribution in [3.63, 3.8) is 0 Å². The third-order valence-corrected chi connectivity index (χ3v) is 3.11. The second-order valence-electron chi connectivity index (χ2n) is 4.84. The average molecular weight is 247 g/mol. The Balaban J connectivity index is 1.86. The molecule has 1 amide bonds. The van der Waals surface area contributed by atoms with Gasteiger partial charge in [0.25, 0.3) is 0 Å². The molecule has 18 heavy (non-hydrogen) atoms. The van der Waals surface area contributed by atoms with E-state index in [1.165, 1.54) is 44.1 Å². The molecule has 1 rings (SSSR count). The van der Waals surface area contributed by atoms with Crippen molar-refractivity contribution >= 4 is 5.91 Å². The second kappa shape index (κ2) is 9.69. The largest absolute Gasteiger partial charge is 0.356 e. The molecular weight excluding hydrogens is 222 g/mol. The maximum absolute atomic E-state index is 10.6. The van der Waals surface area contributed by atoms with Crippen molar-refractivity contribution < 1.29 is 4.79 Å². The van der Waals surface area contributed by atoms with E-state index in [-0.39, 0.29) is 5.91 Å². The molecule has 0 heterocycles. The van der Waals surface area contributed by atoms with Crippen molar-refractivity contribution in [2.75, 3.05) is 6.54 Å². The first kappa shape index (κ1) is 14.7. The molecule has 0 bridgehead atoms. The Labute approximate surface area is 111 Å². The number of rotatable bonds is 9. The van der Waals surface area contributed by atoms with Crippen LogP contribution in [-0.4, -0.2) is 12.5 Å². The van der Waals surface area contributed by atoms with Crippen LogP contribution in [0.25, 0.3) is 0 Å². The Kier molecular flexibility index (Phi) is 7.94. The van der Waals surface area contributed by atoms with Gasteiger partial charge in [0.1, 0.15) is 0 Å². The van der Waals surface area contributed by atoms with Crippen LogP contribution >= 0.6 is 0 Å². The lowest BCUT2D eigenvalue weighted by Gasteiger charge is -2.03. The van der Waals surface area contributed by atoms with E-state index in [0.717, 1.165) is 13.0 Å². The van der Waals surface area contributed by atoms with Gasteiger partial charge in [-0.15, -0.1) is 0 Å². The number of amides is 1. The fourth-order valence-corrected chi connectivity index (χ4v) is 2.07. The number of carbonyl (C=O) groups excluding carboxylic acids is 1. The van der Waals surface area contributed by atoms with Gasteiger partial charge in [0.15, 0.2) is 0 Å². The minimum Gasteiger partial charge on any atom is -0.356 e. The maximum Gasteiger partial charge on any atom is 0.216 e. The number of hydrogen-bond acceptors (Lipinski definition) is 1. The van der Waals surface area contributed by atoms with Gasteiger partial charge < -0.3 is 5.32 Å². The van der Waals surface area contributed by atoms with E-state index in [2.05, 4.69) is 35.6 Å². The minimum absolute atomic E-state index is 0.0814. The summed E-state index contributed by atoms with van der Waals surface area (Å²) in [5.41, 5.74) is 1.45. The second-order valence-corrected chi connectivity index (χ2v) is 4.84. The summed E-state index contributed by atoms with van der Waals surface area (Å²) in [5, 5.41) is 2.83. The molecule has 0 unspecified atom stereocenters. The minimum atomic E-state index is 0.0814. The Bertz CT molecular complexity index is 321. The zero-order chi connectivity index (χ0) is 13.1. The van der Waals surface area contributed by atoms with Gasteiger partial charge in [0.05, 0.1) is 0 Å². The summed E-state index contributed by atoms with van der Waals surface area (Å²) >= 11 is 0. The molecule has 1 N–H and O–H groups in total. The normalized spacial score (nSPS) is 10.3. The summed E-state index contributed by atoms with van der Waals surface area (Å²) in [6.07, 6.45) is 8.74. The number of benzene rings is 1. The standard InChI is InChI=1S/C16H25NO/c1-15(18)17-14-10-5-3-2-4-7-11-16-12-8-6-9-13-16/h6,8-9,12-13H,2-5,7,10-11,14H2,1H3,(H,17,18). The molecule has 2 heteroatoms. The van der Waals surface area contributed by atoms with Crippen LogP contribution in [0.5, 0.6) is 0 Å². The molecule has 1 aromatic carbocycles. The Hall–Kier alpha value is -1.31. The quantitative estimate of drug-likeness (QED) is 0.662. The first-order valence-corrected chi connectivity index (χ1v) is 7.07. The van der Waals surface area contributed by atoms with Crippen molar-refractivity contribution in [3.05, 3.63) is 35.9 Å². The van der Waals surface area contributed by atoms with Gasteiger partial charge in [0.2, 0.25) is 5.91 Å². The first-order chi connectivity index (χ1) is 8.79. The van der Waals surface area contributed by atoms with Crippen molar-refractivity contribution in [1.29, 1.82) is 0 Å². The molecule has 100 valence electrons. The van der Waals surface area contributed by atoms with Gasteiger partial charge in [-0.1, -0.05) is 56.0 Å². The zero-order valence-electron chi connectivity index (χ0n) is 11.5. The Morgan fingerprint density at radius 1 is 0.944 bits per heavy atom. The molecule has 0 spiro atoms. The predicted octanol–water partition coefficient (Wildman–Crippen LogP) is 3.71. The number of carbonyl (C=O) groups is 1. The lowest BCUT2D eigenvalue weighted by atomic mass is 10.1. The van der Waals surface area contributed by atoms with E-state index >= 15 is 0 Å². The number of unbranched alkanes of at least 4 members (excludes halogenated alkanes) is 5. The van der Waals surface area contributed by atoms with E-state index in [9.17, 15) is 4.79 Å². The SMILES string of the molecule is CC(=O)NCCCCCCCCc1ccccc1. The average Bonchev–Trinajstić information content (AvgIpc) is 2.37. The van der Waals surface area contributed by atoms with Gasteiger partial charge in [-0.2, -0.15) is 0 Å². The molecule has 0 aliphatic carbocycles. The summed E-state index contributed by atoms with van der Waals surface area (Å²) < 4.78 is 0. The van der Waals surface area contributed by atoms with E-state index in [1.807, 2.05) is 0 Å². The molecule has 0 saturated heterocycles. The molecule has 1 aromatic rings. The Morgan fingerprint density at radius 2 is 1.56 bits per heavy atom. The number of aryl methyl sites for hydroxylation is 1. The highest BCUT2D eigenvalue weighted by molar-refractivity contribution is 5.72. The molecular formula is C16H25NO. The van der Waals surface area contributed by atoms with Crippen molar-refractivity contribution in [3.8, 4) is 0 Å². The van der Waals surface area contributed by atoms with Crippen LogP contribution in [0.15, 0.2) is 30.3 Å². The van der Waals surface area contributed by atoms with Crippen LogP contribution in [0.2, 0.25) is 0 Å². The van der Waals surface area contributed by atoms with Crippen molar-refractivity contribution in [1.82, 2.24) is 5.32 Å². The third kappa shape index (κ3) is 7.88. The van der Waals surface area contributed by atoms with Gasteiger partial charge in [-0.25, -0.2) is 0 Å². The molecule has 0 aliphatic heterocycles. The summed E-state index contributed by atoms with van der Waals surface area (Å²) in [6.45, 7) is 2.41.